The minimum Gasteiger partial charge on any atom is -0.481 e. The third-order valence-electron chi connectivity index (χ3n) is 7.04. The second-order valence-electron chi connectivity index (χ2n) is 8.60. The average Bonchev–Trinajstić information content (AvgIpc) is 3.34. The maximum Gasteiger partial charge on any atom is 0.308 e. The van der Waals surface area contributed by atoms with Crippen molar-refractivity contribution in [3.8, 4) is 11.4 Å². The molecule has 9 heteroatoms. The zero-order chi connectivity index (χ0) is 21.3. The highest BCUT2D eigenvalue weighted by Gasteiger charge is 2.48. The van der Waals surface area contributed by atoms with Gasteiger partial charge in [0.05, 0.1) is 22.4 Å². The summed E-state index contributed by atoms with van der Waals surface area (Å²) in [5.74, 6) is -1.04. The summed E-state index contributed by atoms with van der Waals surface area (Å²) in [5.41, 5.74) is 1.79. The van der Waals surface area contributed by atoms with Crippen LogP contribution in [0.5, 0.6) is 0 Å². The smallest absolute Gasteiger partial charge is 0.308 e. The molecule has 4 aromatic heterocycles. The number of aliphatic carboxylic acids is 1. The molecule has 3 aliphatic carbocycles. The molecule has 0 aromatic carbocycles. The van der Waals surface area contributed by atoms with Crippen LogP contribution in [0, 0.1) is 23.6 Å². The highest BCUT2D eigenvalue weighted by Crippen LogP contribution is 2.52. The van der Waals surface area contributed by atoms with Gasteiger partial charge in [-0.05, 0) is 43.6 Å². The second-order valence-corrected chi connectivity index (χ2v) is 9.03. The van der Waals surface area contributed by atoms with E-state index < -0.39 is 17.7 Å². The van der Waals surface area contributed by atoms with Gasteiger partial charge in [-0.25, -0.2) is 19.3 Å². The summed E-state index contributed by atoms with van der Waals surface area (Å²) in [4.78, 5) is 28.6. The molecule has 2 N–H and O–H groups in total. The molecule has 7 nitrogen and oxygen atoms in total. The molecule has 158 valence electrons. The summed E-state index contributed by atoms with van der Waals surface area (Å²) in [6.07, 6.45) is 9.94. The lowest BCUT2D eigenvalue weighted by Crippen LogP contribution is -2.44. The number of carboxylic acids is 1. The summed E-state index contributed by atoms with van der Waals surface area (Å²) >= 11 is 6.12. The molecule has 4 heterocycles. The number of carbonyl (C=O) groups is 1. The van der Waals surface area contributed by atoms with E-state index in [-0.39, 0.29) is 17.9 Å². The van der Waals surface area contributed by atoms with E-state index in [4.69, 9.17) is 16.6 Å². The quantitative estimate of drug-likeness (QED) is 0.476. The maximum absolute atomic E-state index is 14.8. The van der Waals surface area contributed by atoms with Crippen LogP contribution in [-0.2, 0) is 4.79 Å². The summed E-state index contributed by atoms with van der Waals surface area (Å²) in [6.45, 7) is 0. The van der Waals surface area contributed by atoms with Crippen LogP contribution in [0.25, 0.3) is 33.5 Å². The lowest BCUT2D eigenvalue weighted by molar-refractivity contribution is -0.151. The molecule has 0 aliphatic heterocycles. The fourth-order valence-electron chi connectivity index (χ4n) is 5.68. The van der Waals surface area contributed by atoms with Crippen LogP contribution < -0.4 is 0 Å². The van der Waals surface area contributed by atoms with Crippen LogP contribution in [-0.4, -0.2) is 35.6 Å². The Hall–Kier alpha value is -3.00. The van der Waals surface area contributed by atoms with E-state index >= 15 is 0 Å². The van der Waals surface area contributed by atoms with Gasteiger partial charge in [0, 0.05) is 35.7 Å². The van der Waals surface area contributed by atoms with Crippen LogP contribution in [0.3, 0.4) is 0 Å². The first kappa shape index (κ1) is 18.7. The Morgan fingerprint density at radius 1 is 1.16 bits per heavy atom. The fraction of sp³-hybridized carbons (Fsp3) is 0.364. The number of nitrogens with one attached hydrogen (secondary N) is 1. The third-order valence-corrected chi connectivity index (χ3v) is 7.25. The fourth-order valence-corrected chi connectivity index (χ4v) is 5.83. The highest BCUT2D eigenvalue weighted by molar-refractivity contribution is 6.31. The van der Waals surface area contributed by atoms with E-state index in [9.17, 15) is 14.3 Å². The van der Waals surface area contributed by atoms with Gasteiger partial charge in [0.25, 0.3) is 0 Å². The van der Waals surface area contributed by atoms with Gasteiger partial charge < -0.3 is 14.7 Å². The van der Waals surface area contributed by atoms with Gasteiger partial charge in [0.2, 0.25) is 0 Å². The van der Waals surface area contributed by atoms with Crippen LogP contribution in [0.4, 0.5) is 4.39 Å². The standard InChI is InChI=1S/C22H19ClFN5O2/c23-12-5-13-14(7-26-19(13)25-6-12)20-27-8-15-16(24)9-29(21(15)28-20)18-11-3-1-10(2-4-11)17(18)22(30)31/h5-11,17-18H,1-4H2,(H,25,26)(H,30,31)/t10?,11?,17?,18-/m1/s1. The number of hydrogen-bond donors (Lipinski definition) is 2. The van der Waals surface area contributed by atoms with E-state index in [1.54, 1.807) is 23.0 Å². The van der Waals surface area contributed by atoms with Gasteiger partial charge in [-0.1, -0.05) is 11.6 Å². The molecule has 0 amide bonds. The highest BCUT2D eigenvalue weighted by atomic mass is 35.5. The lowest BCUT2D eigenvalue weighted by atomic mass is 9.61. The van der Waals surface area contributed by atoms with E-state index in [2.05, 4.69) is 15.0 Å². The Labute approximate surface area is 181 Å². The Balaban J connectivity index is 1.53. The maximum atomic E-state index is 14.8. The van der Waals surface area contributed by atoms with Crippen molar-refractivity contribution in [1.82, 2.24) is 24.5 Å². The SMILES string of the molecule is O=C(O)C1C2CCC(CC2)[C@H]1n1cc(F)c2cnc(-c3c[nH]c4ncc(Cl)cc34)nc21. The largest absolute Gasteiger partial charge is 0.481 e. The first-order valence-electron chi connectivity index (χ1n) is 10.4. The number of carboxylic acid groups (broad SMARTS) is 1. The van der Waals surface area contributed by atoms with Crippen molar-refractivity contribution >= 4 is 39.6 Å². The van der Waals surface area contributed by atoms with E-state index in [1.165, 1.54) is 12.4 Å². The summed E-state index contributed by atoms with van der Waals surface area (Å²) in [5, 5.41) is 11.5. The Bertz CT molecular complexity index is 1340. The first-order chi connectivity index (χ1) is 15.0. The number of hydrogen-bond acceptors (Lipinski definition) is 4. The second kappa shape index (κ2) is 6.75. The molecule has 3 saturated carbocycles. The van der Waals surface area contributed by atoms with Crippen molar-refractivity contribution in [2.45, 2.75) is 31.7 Å². The van der Waals surface area contributed by atoms with Crippen molar-refractivity contribution in [2.24, 2.45) is 17.8 Å². The Kier molecular flexibility index (Phi) is 4.08. The van der Waals surface area contributed by atoms with Gasteiger partial charge in [0.1, 0.15) is 11.3 Å². The molecule has 3 fully saturated rings. The van der Waals surface area contributed by atoms with Crippen molar-refractivity contribution in [3.63, 3.8) is 0 Å². The van der Waals surface area contributed by atoms with Crippen LogP contribution in [0.2, 0.25) is 5.02 Å². The number of nitrogens with zero attached hydrogens (tertiary/aromatic N) is 4. The summed E-state index contributed by atoms with van der Waals surface area (Å²) in [6, 6.07) is 1.47. The van der Waals surface area contributed by atoms with Gasteiger partial charge >= 0.3 is 5.97 Å². The normalized spacial score (nSPS) is 25.5. The molecule has 0 radical (unpaired) electrons. The van der Waals surface area contributed by atoms with Crippen molar-refractivity contribution in [1.29, 1.82) is 0 Å². The van der Waals surface area contributed by atoms with E-state index in [0.29, 0.717) is 33.1 Å². The number of aromatic nitrogens is 5. The van der Waals surface area contributed by atoms with Crippen LogP contribution in [0.1, 0.15) is 31.7 Å². The topological polar surface area (TPSA) is 96.7 Å². The molecular weight excluding hydrogens is 421 g/mol. The molecule has 4 aromatic rings. The van der Waals surface area contributed by atoms with Crippen molar-refractivity contribution in [2.75, 3.05) is 0 Å². The Morgan fingerprint density at radius 3 is 2.71 bits per heavy atom. The molecule has 31 heavy (non-hydrogen) atoms. The number of rotatable bonds is 3. The number of fused-ring (bicyclic) bond motifs is 5. The Morgan fingerprint density at radius 2 is 1.94 bits per heavy atom. The average molecular weight is 440 g/mol. The number of halogens is 2. The predicted octanol–water partition coefficient (Wildman–Crippen LogP) is 4.83. The monoisotopic (exact) mass is 439 g/mol. The first-order valence-corrected chi connectivity index (χ1v) is 10.8. The molecular formula is C22H19ClFN5O2. The van der Waals surface area contributed by atoms with E-state index in [0.717, 1.165) is 31.1 Å². The minimum atomic E-state index is -0.812. The summed E-state index contributed by atoms with van der Waals surface area (Å²) < 4.78 is 16.6. The lowest BCUT2D eigenvalue weighted by Gasteiger charge is -2.47. The number of pyridine rings is 1. The zero-order valence-electron chi connectivity index (χ0n) is 16.4. The van der Waals surface area contributed by atoms with Crippen LogP contribution in [0.15, 0.2) is 30.9 Å². The molecule has 0 spiro atoms. The van der Waals surface area contributed by atoms with Gasteiger partial charge in [-0.15, -0.1) is 0 Å². The molecule has 3 aliphatic rings. The van der Waals surface area contributed by atoms with E-state index in [1.807, 2.05) is 0 Å². The molecule has 2 bridgehead atoms. The minimum absolute atomic E-state index is 0.121. The summed E-state index contributed by atoms with van der Waals surface area (Å²) in [7, 11) is 0. The van der Waals surface area contributed by atoms with Crippen molar-refractivity contribution in [3.05, 3.63) is 41.7 Å². The number of aromatic amines is 1. The molecule has 7 rings (SSSR count). The van der Waals surface area contributed by atoms with Crippen molar-refractivity contribution < 1.29 is 14.3 Å². The third kappa shape index (κ3) is 2.77. The van der Waals surface area contributed by atoms with Gasteiger partial charge in [-0.2, -0.15) is 0 Å². The van der Waals surface area contributed by atoms with Gasteiger partial charge in [0.15, 0.2) is 11.6 Å². The molecule has 1 unspecified atom stereocenters. The zero-order valence-corrected chi connectivity index (χ0v) is 17.2. The van der Waals surface area contributed by atoms with Crippen LogP contribution >= 0.6 is 11.6 Å². The van der Waals surface area contributed by atoms with Gasteiger partial charge in [-0.3, -0.25) is 4.79 Å². The number of H-pyrrole nitrogens is 1. The predicted molar refractivity (Wildman–Crippen MR) is 113 cm³/mol. The molecule has 0 saturated heterocycles. The molecule has 2 atom stereocenters.